The van der Waals surface area contributed by atoms with E-state index in [1.807, 2.05) is 24.1 Å². The second-order valence-electron chi connectivity index (χ2n) is 7.31. The van der Waals surface area contributed by atoms with Crippen LogP contribution >= 0.6 is 0 Å². The summed E-state index contributed by atoms with van der Waals surface area (Å²) in [6.07, 6.45) is -0.0312. The van der Waals surface area contributed by atoms with E-state index in [0.29, 0.717) is 24.6 Å². The van der Waals surface area contributed by atoms with Gasteiger partial charge in [-0.3, -0.25) is 14.5 Å². The Morgan fingerprint density at radius 1 is 1.21 bits per heavy atom. The van der Waals surface area contributed by atoms with Gasteiger partial charge in [-0.25, -0.2) is 4.79 Å². The lowest BCUT2D eigenvalue weighted by atomic mass is 9.81. The standard InChI is InChI=1S/C20H27N3O6/c1-5-29-17(24)6-7-23-18(25)20(21-19(23)26)12-22(2)11-16(20)13-8-14(27-3)10-15(9-13)28-4/h8-10,16H,5-7,11-12H2,1-4H3,(H,21,26)/t16-,20+/m1/s1. The van der Waals surface area contributed by atoms with Crippen molar-refractivity contribution in [2.24, 2.45) is 0 Å². The van der Waals surface area contributed by atoms with E-state index in [-0.39, 0.29) is 31.4 Å². The summed E-state index contributed by atoms with van der Waals surface area (Å²) < 4.78 is 15.6. The van der Waals surface area contributed by atoms with E-state index in [9.17, 15) is 14.4 Å². The molecule has 1 N–H and O–H groups in total. The van der Waals surface area contributed by atoms with Crippen molar-refractivity contribution < 1.29 is 28.6 Å². The molecule has 158 valence electrons. The van der Waals surface area contributed by atoms with Gasteiger partial charge in [-0.15, -0.1) is 0 Å². The summed E-state index contributed by atoms with van der Waals surface area (Å²) in [7, 11) is 5.03. The van der Waals surface area contributed by atoms with Crippen LogP contribution in [-0.2, 0) is 14.3 Å². The number of amides is 3. The van der Waals surface area contributed by atoms with Crippen LogP contribution in [0.15, 0.2) is 18.2 Å². The maximum Gasteiger partial charge on any atom is 0.325 e. The van der Waals surface area contributed by atoms with Crippen LogP contribution in [0.25, 0.3) is 0 Å². The molecular formula is C20H27N3O6. The first kappa shape index (κ1) is 20.9. The molecule has 0 unspecified atom stereocenters. The molecule has 0 radical (unpaired) electrons. The molecule has 2 saturated heterocycles. The number of likely N-dealkylation sites (N-methyl/N-ethyl adjacent to an activating group) is 1. The quantitative estimate of drug-likeness (QED) is 0.533. The minimum absolute atomic E-state index is 0.0108. The predicted octanol–water partition coefficient (Wildman–Crippen LogP) is 0.977. The minimum atomic E-state index is -1.10. The second kappa shape index (κ2) is 8.28. The molecule has 9 nitrogen and oxygen atoms in total. The van der Waals surface area contributed by atoms with E-state index in [4.69, 9.17) is 14.2 Å². The Bertz CT molecular complexity index is 791. The monoisotopic (exact) mass is 405 g/mol. The lowest BCUT2D eigenvalue weighted by Gasteiger charge is -2.28. The average Bonchev–Trinajstić information content (AvgIpc) is 3.15. The second-order valence-corrected chi connectivity index (χ2v) is 7.31. The third kappa shape index (κ3) is 3.87. The number of hydrogen-bond donors (Lipinski definition) is 1. The zero-order valence-electron chi connectivity index (χ0n) is 17.2. The zero-order valence-corrected chi connectivity index (χ0v) is 17.2. The largest absolute Gasteiger partial charge is 0.497 e. The number of carbonyl (C=O) groups excluding carboxylic acids is 3. The first-order valence-corrected chi connectivity index (χ1v) is 9.55. The molecule has 0 bridgehead atoms. The van der Waals surface area contributed by atoms with Crippen molar-refractivity contribution >= 4 is 17.9 Å². The average molecular weight is 405 g/mol. The van der Waals surface area contributed by atoms with Crippen molar-refractivity contribution in [3.8, 4) is 11.5 Å². The molecule has 2 aliphatic rings. The van der Waals surface area contributed by atoms with E-state index in [1.165, 1.54) is 0 Å². The van der Waals surface area contributed by atoms with Crippen molar-refractivity contribution in [2.75, 3.05) is 47.5 Å². The smallest absolute Gasteiger partial charge is 0.325 e. The van der Waals surface area contributed by atoms with Crippen molar-refractivity contribution in [3.05, 3.63) is 23.8 Å². The van der Waals surface area contributed by atoms with Crippen LogP contribution < -0.4 is 14.8 Å². The van der Waals surface area contributed by atoms with E-state index in [2.05, 4.69) is 5.32 Å². The first-order valence-electron chi connectivity index (χ1n) is 9.55. The maximum atomic E-state index is 13.3. The SMILES string of the molecule is CCOC(=O)CCN1C(=O)N[C@]2(CN(C)C[C@@H]2c2cc(OC)cc(OC)c2)C1=O. The summed E-state index contributed by atoms with van der Waals surface area (Å²) in [5, 5.41) is 2.90. The number of methoxy groups -OCH3 is 2. The molecule has 2 heterocycles. The summed E-state index contributed by atoms with van der Waals surface area (Å²) in [5.74, 6) is 0.162. The molecule has 1 aromatic rings. The summed E-state index contributed by atoms with van der Waals surface area (Å²) >= 11 is 0. The molecule has 2 fully saturated rings. The highest BCUT2D eigenvalue weighted by Crippen LogP contribution is 2.41. The van der Waals surface area contributed by atoms with E-state index < -0.39 is 17.5 Å². The number of carbonyl (C=O) groups is 3. The lowest BCUT2D eigenvalue weighted by Crippen LogP contribution is -2.52. The Morgan fingerprint density at radius 2 is 1.86 bits per heavy atom. The summed E-state index contributed by atoms with van der Waals surface area (Å²) in [4.78, 5) is 40.8. The van der Waals surface area contributed by atoms with Gasteiger partial charge < -0.3 is 24.4 Å². The molecule has 0 saturated carbocycles. The molecule has 0 aliphatic carbocycles. The molecule has 0 aromatic heterocycles. The Kier molecular flexibility index (Phi) is 5.97. The summed E-state index contributed by atoms with van der Waals surface area (Å²) in [5.41, 5.74) is -0.260. The fraction of sp³-hybridized carbons (Fsp3) is 0.550. The Labute approximate surface area is 169 Å². The predicted molar refractivity (Wildman–Crippen MR) is 104 cm³/mol. The minimum Gasteiger partial charge on any atom is -0.497 e. The number of nitrogens with zero attached hydrogens (tertiary/aromatic N) is 2. The summed E-state index contributed by atoms with van der Waals surface area (Å²) in [6.45, 7) is 2.91. The Morgan fingerprint density at radius 3 is 2.45 bits per heavy atom. The molecule has 3 rings (SSSR count). The molecule has 1 aromatic carbocycles. The van der Waals surface area contributed by atoms with E-state index in [1.54, 1.807) is 27.2 Å². The van der Waals surface area contributed by atoms with Gasteiger partial charge in [-0.1, -0.05) is 0 Å². The van der Waals surface area contributed by atoms with Crippen LogP contribution in [0, 0.1) is 0 Å². The topological polar surface area (TPSA) is 97.4 Å². The fourth-order valence-electron chi connectivity index (χ4n) is 4.12. The number of likely N-dealkylation sites (tertiary alicyclic amines) is 1. The van der Waals surface area contributed by atoms with Crippen LogP contribution in [0.2, 0.25) is 0 Å². The van der Waals surface area contributed by atoms with Crippen LogP contribution in [0.1, 0.15) is 24.8 Å². The zero-order chi connectivity index (χ0) is 21.2. The van der Waals surface area contributed by atoms with Crippen molar-refractivity contribution in [1.82, 2.24) is 15.1 Å². The van der Waals surface area contributed by atoms with Gasteiger partial charge in [0.2, 0.25) is 0 Å². The number of esters is 1. The highest BCUT2D eigenvalue weighted by atomic mass is 16.5. The van der Waals surface area contributed by atoms with Gasteiger partial charge in [0.1, 0.15) is 17.0 Å². The number of ether oxygens (including phenoxy) is 3. The van der Waals surface area contributed by atoms with Crippen LogP contribution in [0.5, 0.6) is 11.5 Å². The molecule has 3 amide bonds. The molecule has 9 heteroatoms. The number of imide groups is 1. The molecule has 2 atom stereocenters. The first-order chi connectivity index (χ1) is 13.8. The van der Waals surface area contributed by atoms with E-state index in [0.717, 1.165) is 10.5 Å². The Balaban J connectivity index is 1.90. The third-order valence-corrected chi connectivity index (χ3v) is 5.43. The number of benzene rings is 1. The van der Waals surface area contributed by atoms with Crippen molar-refractivity contribution in [1.29, 1.82) is 0 Å². The number of rotatable bonds is 7. The van der Waals surface area contributed by atoms with Gasteiger partial charge in [-0.2, -0.15) is 0 Å². The van der Waals surface area contributed by atoms with Crippen molar-refractivity contribution in [3.63, 3.8) is 0 Å². The molecule has 1 spiro atoms. The van der Waals surface area contributed by atoms with Gasteiger partial charge in [0.15, 0.2) is 0 Å². The van der Waals surface area contributed by atoms with Gasteiger partial charge >= 0.3 is 12.0 Å². The van der Waals surface area contributed by atoms with Gasteiger partial charge in [0, 0.05) is 31.6 Å². The van der Waals surface area contributed by atoms with Crippen molar-refractivity contribution in [2.45, 2.75) is 24.8 Å². The molecule has 2 aliphatic heterocycles. The number of hydrogen-bond acceptors (Lipinski definition) is 7. The maximum absolute atomic E-state index is 13.3. The molecular weight excluding hydrogens is 378 g/mol. The third-order valence-electron chi connectivity index (χ3n) is 5.43. The van der Waals surface area contributed by atoms with Crippen LogP contribution in [0.4, 0.5) is 4.79 Å². The van der Waals surface area contributed by atoms with Crippen LogP contribution in [-0.4, -0.2) is 80.8 Å². The molecule has 29 heavy (non-hydrogen) atoms. The van der Waals surface area contributed by atoms with E-state index >= 15 is 0 Å². The number of nitrogens with one attached hydrogen (secondary N) is 1. The van der Waals surface area contributed by atoms with Gasteiger partial charge in [0.25, 0.3) is 5.91 Å². The fourth-order valence-corrected chi connectivity index (χ4v) is 4.12. The highest BCUT2D eigenvalue weighted by Gasteiger charge is 2.59. The van der Waals surface area contributed by atoms with Crippen LogP contribution in [0.3, 0.4) is 0 Å². The summed E-state index contributed by atoms with van der Waals surface area (Å²) in [6, 6.07) is 4.98. The number of urea groups is 1. The van der Waals surface area contributed by atoms with Gasteiger partial charge in [0.05, 0.1) is 27.2 Å². The lowest BCUT2D eigenvalue weighted by molar-refractivity contribution is -0.143. The Hall–Kier alpha value is -2.81. The highest BCUT2D eigenvalue weighted by molar-refractivity contribution is 6.08. The van der Waals surface area contributed by atoms with Gasteiger partial charge in [-0.05, 0) is 31.7 Å². The normalized spacial score (nSPS) is 24.1.